The number of ether oxygens (including phenoxy) is 1. The van der Waals surface area contributed by atoms with Crippen molar-refractivity contribution in [1.29, 1.82) is 0 Å². The molecule has 0 atom stereocenters. The van der Waals surface area contributed by atoms with Crippen molar-refractivity contribution < 1.29 is 14.3 Å². The number of amides is 2. The normalized spacial score (nSPS) is 13.6. The van der Waals surface area contributed by atoms with Crippen LogP contribution in [0.2, 0.25) is 0 Å². The highest BCUT2D eigenvalue weighted by atomic mass is 16.5. The summed E-state index contributed by atoms with van der Waals surface area (Å²) in [5, 5.41) is 0. The molecule has 0 aliphatic carbocycles. The minimum absolute atomic E-state index is 0.0615. The molecule has 9 nitrogen and oxygen atoms in total. The number of hydrogen-bond acceptors (Lipinski definition) is 6. The molecule has 182 valence electrons. The first-order chi connectivity index (χ1) is 17.5. The zero-order valence-electron chi connectivity index (χ0n) is 20.0. The van der Waals surface area contributed by atoms with Crippen LogP contribution in [0.3, 0.4) is 0 Å². The number of methoxy groups -OCH3 is 1. The summed E-state index contributed by atoms with van der Waals surface area (Å²) in [5.41, 5.74) is 2.01. The summed E-state index contributed by atoms with van der Waals surface area (Å²) in [5.74, 6) is -0.0643. The summed E-state index contributed by atoms with van der Waals surface area (Å²) in [6, 6.07) is 17.9. The topological polar surface area (TPSA) is 97.6 Å². The second-order valence-electron chi connectivity index (χ2n) is 8.52. The monoisotopic (exact) mass is 483 g/mol. The second kappa shape index (κ2) is 9.61. The van der Waals surface area contributed by atoms with Gasteiger partial charge in [-0.2, -0.15) is 0 Å². The highest BCUT2D eigenvalue weighted by Gasteiger charge is 2.29. The summed E-state index contributed by atoms with van der Waals surface area (Å²) in [7, 11) is 1.52. The molecule has 0 N–H and O–H groups in total. The number of para-hydroxylation sites is 2. The van der Waals surface area contributed by atoms with Crippen molar-refractivity contribution in [2.24, 2.45) is 0 Å². The second-order valence-corrected chi connectivity index (χ2v) is 8.52. The van der Waals surface area contributed by atoms with Crippen molar-refractivity contribution in [3.63, 3.8) is 0 Å². The van der Waals surface area contributed by atoms with Gasteiger partial charge in [0.05, 0.1) is 12.8 Å². The van der Waals surface area contributed by atoms with E-state index >= 15 is 0 Å². The molecule has 2 amide bonds. The van der Waals surface area contributed by atoms with E-state index in [9.17, 15) is 14.4 Å². The fraction of sp³-hybridized carbons (Fsp3) is 0.222. The fourth-order valence-electron chi connectivity index (χ4n) is 4.44. The number of benzene rings is 2. The molecule has 1 saturated heterocycles. The van der Waals surface area contributed by atoms with Crippen LogP contribution in [-0.2, 0) is 0 Å². The van der Waals surface area contributed by atoms with Gasteiger partial charge in [-0.25, -0.2) is 9.97 Å². The summed E-state index contributed by atoms with van der Waals surface area (Å²) < 4.78 is 6.83. The summed E-state index contributed by atoms with van der Waals surface area (Å²) in [6.45, 7) is 3.25. The highest BCUT2D eigenvalue weighted by molar-refractivity contribution is 5.96. The van der Waals surface area contributed by atoms with Gasteiger partial charge < -0.3 is 14.5 Å². The largest absolute Gasteiger partial charge is 0.495 e. The molecule has 0 saturated carbocycles. The Kier molecular flexibility index (Phi) is 6.20. The Labute approximate surface area is 207 Å². The van der Waals surface area contributed by atoms with Crippen molar-refractivity contribution in [3.05, 3.63) is 94.0 Å². The molecule has 1 aliphatic rings. The molecule has 9 heteroatoms. The number of hydrogen-bond donors (Lipinski definition) is 0. The molecule has 0 bridgehead atoms. The van der Waals surface area contributed by atoms with Crippen LogP contribution in [0.5, 0.6) is 5.75 Å². The van der Waals surface area contributed by atoms with Crippen molar-refractivity contribution in [2.75, 3.05) is 33.3 Å². The van der Waals surface area contributed by atoms with Crippen molar-refractivity contribution in [1.82, 2.24) is 24.3 Å². The van der Waals surface area contributed by atoms with Gasteiger partial charge in [-0.05, 0) is 42.8 Å². The maximum atomic E-state index is 13.6. The van der Waals surface area contributed by atoms with Gasteiger partial charge >= 0.3 is 0 Å². The average molecular weight is 484 g/mol. The van der Waals surface area contributed by atoms with Gasteiger partial charge in [0, 0.05) is 37.9 Å². The summed E-state index contributed by atoms with van der Waals surface area (Å²) in [4.78, 5) is 52.1. The third kappa shape index (κ3) is 4.08. The van der Waals surface area contributed by atoms with Crippen LogP contribution in [0.25, 0.3) is 16.9 Å². The van der Waals surface area contributed by atoms with Gasteiger partial charge in [0.15, 0.2) is 11.3 Å². The van der Waals surface area contributed by atoms with Crippen LogP contribution >= 0.6 is 0 Å². The molecule has 5 rings (SSSR count). The standard InChI is InChI=1S/C27H25N5O4/c1-18-8-3-4-9-19(18)25(33)30-14-16-31(17-15-30)26(34)23-27(35)32(21-11-5-6-12-22(21)36-2)24-20(29-23)10-7-13-28-24/h3-13H,14-17H2,1-2H3. The van der Waals surface area contributed by atoms with Gasteiger partial charge in [0.2, 0.25) is 0 Å². The Hall–Kier alpha value is -4.53. The fourth-order valence-corrected chi connectivity index (χ4v) is 4.44. The first-order valence-electron chi connectivity index (χ1n) is 11.6. The van der Waals surface area contributed by atoms with E-state index in [1.54, 1.807) is 52.4 Å². The molecule has 0 radical (unpaired) electrons. The molecule has 1 fully saturated rings. The minimum atomic E-state index is -0.575. The van der Waals surface area contributed by atoms with Crippen LogP contribution < -0.4 is 10.3 Å². The van der Waals surface area contributed by atoms with Crippen LogP contribution in [0.1, 0.15) is 26.4 Å². The van der Waals surface area contributed by atoms with E-state index in [0.29, 0.717) is 54.3 Å². The Morgan fingerprint density at radius 1 is 0.861 bits per heavy atom. The zero-order valence-corrected chi connectivity index (χ0v) is 20.0. The Bertz CT molecular complexity index is 1520. The first kappa shape index (κ1) is 23.2. The van der Waals surface area contributed by atoms with Gasteiger partial charge in [-0.1, -0.05) is 30.3 Å². The number of aromatic nitrogens is 3. The lowest BCUT2D eigenvalue weighted by molar-refractivity contribution is 0.0531. The van der Waals surface area contributed by atoms with E-state index in [1.807, 2.05) is 31.2 Å². The third-order valence-electron chi connectivity index (χ3n) is 6.37. The predicted octanol–water partition coefficient (Wildman–Crippen LogP) is 2.70. The number of fused-ring (bicyclic) bond motifs is 1. The maximum Gasteiger partial charge on any atom is 0.288 e. The molecule has 0 spiro atoms. The highest BCUT2D eigenvalue weighted by Crippen LogP contribution is 2.24. The van der Waals surface area contributed by atoms with E-state index in [0.717, 1.165) is 5.56 Å². The van der Waals surface area contributed by atoms with Crippen molar-refractivity contribution in [2.45, 2.75) is 6.92 Å². The summed E-state index contributed by atoms with van der Waals surface area (Å²) >= 11 is 0. The smallest absolute Gasteiger partial charge is 0.288 e. The Morgan fingerprint density at radius 2 is 1.53 bits per heavy atom. The quantitative estimate of drug-likeness (QED) is 0.443. The molecule has 3 heterocycles. The third-order valence-corrected chi connectivity index (χ3v) is 6.37. The van der Waals surface area contributed by atoms with E-state index in [-0.39, 0.29) is 11.6 Å². The minimum Gasteiger partial charge on any atom is -0.495 e. The van der Waals surface area contributed by atoms with Gasteiger partial charge in [0.25, 0.3) is 17.4 Å². The molecular formula is C27H25N5O4. The molecule has 0 unspecified atom stereocenters. The lowest BCUT2D eigenvalue weighted by Crippen LogP contribution is -2.51. The van der Waals surface area contributed by atoms with E-state index in [2.05, 4.69) is 9.97 Å². The zero-order chi connectivity index (χ0) is 25.2. The van der Waals surface area contributed by atoms with E-state index < -0.39 is 11.5 Å². The van der Waals surface area contributed by atoms with Crippen molar-refractivity contribution in [3.8, 4) is 11.4 Å². The van der Waals surface area contributed by atoms with Gasteiger partial charge in [-0.3, -0.25) is 19.0 Å². The number of nitrogens with zero attached hydrogens (tertiary/aromatic N) is 5. The predicted molar refractivity (Wildman–Crippen MR) is 135 cm³/mol. The van der Waals surface area contributed by atoms with Gasteiger partial charge in [0.1, 0.15) is 11.3 Å². The van der Waals surface area contributed by atoms with Crippen LogP contribution in [-0.4, -0.2) is 69.4 Å². The maximum absolute atomic E-state index is 13.6. The molecule has 2 aromatic heterocycles. The molecule has 4 aromatic rings. The van der Waals surface area contributed by atoms with Crippen LogP contribution in [0.15, 0.2) is 71.7 Å². The van der Waals surface area contributed by atoms with E-state index in [4.69, 9.17) is 4.74 Å². The number of aryl methyl sites for hydroxylation is 1. The first-order valence-corrected chi connectivity index (χ1v) is 11.6. The Morgan fingerprint density at radius 3 is 2.25 bits per heavy atom. The number of carbonyl (C=O) groups is 2. The summed E-state index contributed by atoms with van der Waals surface area (Å²) in [6.07, 6.45) is 1.57. The van der Waals surface area contributed by atoms with Gasteiger partial charge in [-0.15, -0.1) is 0 Å². The lowest BCUT2D eigenvalue weighted by Gasteiger charge is -2.34. The average Bonchev–Trinajstić information content (AvgIpc) is 2.92. The SMILES string of the molecule is COc1ccccc1-n1c(=O)c(C(=O)N2CCN(C(=O)c3ccccc3C)CC2)nc2cccnc21. The van der Waals surface area contributed by atoms with Crippen LogP contribution in [0.4, 0.5) is 0 Å². The number of pyridine rings is 1. The number of carbonyl (C=O) groups excluding carboxylic acids is 2. The van der Waals surface area contributed by atoms with Crippen LogP contribution in [0, 0.1) is 6.92 Å². The number of rotatable bonds is 4. The molecule has 36 heavy (non-hydrogen) atoms. The lowest BCUT2D eigenvalue weighted by atomic mass is 10.1. The van der Waals surface area contributed by atoms with Crippen molar-refractivity contribution >= 4 is 23.0 Å². The molecule has 2 aromatic carbocycles. The van der Waals surface area contributed by atoms with E-state index in [1.165, 1.54) is 11.7 Å². The molecule has 1 aliphatic heterocycles. The molecular weight excluding hydrogens is 458 g/mol. The Balaban J connectivity index is 1.46. The number of piperazine rings is 1.